The summed E-state index contributed by atoms with van der Waals surface area (Å²) in [6.45, 7) is 4.73. The first-order valence-corrected chi connectivity index (χ1v) is 10.0. The first-order valence-electron chi connectivity index (χ1n) is 9.22. The van der Waals surface area contributed by atoms with Gasteiger partial charge in [-0.05, 0) is 50.1 Å². The highest BCUT2D eigenvalue weighted by molar-refractivity contribution is 9.10. The summed E-state index contributed by atoms with van der Waals surface area (Å²) < 4.78 is 0.859. The van der Waals surface area contributed by atoms with Crippen LogP contribution >= 0.6 is 15.9 Å². The van der Waals surface area contributed by atoms with Gasteiger partial charge in [0.25, 0.3) is 11.8 Å². The summed E-state index contributed by atoms with van der Waals surface area (Å²) in [5, 5.41) is 5.75. The van der Waals surface area contributed by atoms with Crippen molar-refractivity contribution in [3.8, 4) is 0 Å². The summed E-state index contributed by atoms with van der Waals surface area (Å²) in [7, 11) is 0. The fourth-order valence-electron chi connectivity index (χ4n) is 3.24. The number of halogens is 1. The van der Waals surface area contributed by atoms with Crippen LogP contribution in [0.3, 0.4) is 0 Å². The zero-order chi connectivity index (χ0) is 19.2. The smallest absolute Gasteiger partial charge is 0.253 e. The lowest BCUT2D eigenvalue weighted by Gasteiger charge is -2.21. The molecule has 0 aliphatic carbocycles. The molecule has 0 saturated carbocycles. The third kappa shape index (κ3) is 5.10. The zero-order valence-electron chi connectivity index (χ0n) is 15.4. The largest absolute Gasteiger partial charge is 0.371 e. The number of anilines is 1. The van der Waals surface area contributed by atoms with Gasteiger partial charge < -0.3 is 15.5 Å². The minimum atomic E-state index is -0.154. The molecule has 1 saturated heterocycles. The highest BCUT2D eigenvalue weighted by Gasteiger charge is 2.19. The fraction of sp³-hybridized carbons (Fsp3) is 0.333. The second-order valence-corrected chi connectivity index (χ2v) is 7.65. The summed E-state index contributed by atoms with van der Waals surface area (Å²) in [5.41, 5.74) is 3.35. The quantitative estimate of drug-likeness (QED) is 0.690. The van der Waals surface area contributed by atoms with Gasteiger partial charge in [-0.25, -0.2) is 0 Å². The van der Waals surface area contributed by atoms with Crippen molar-refractivity contribution in [1.29, 1.82) is 0 Å². The van der Waals surface area contributed by atoms with Crippen LogP contribution in [0.1, 0.15) is 39.1 Å². The topological polar surface area (TPSA) is 61.4 Å². The normalized spacial score (nSPS) is 13.5. The van der Waals surface area contributed by atoms with E-state index in [1.54, 1.807) is 12.1 Å². The molecule has 1 fully saturated rings. The van der Waals surface area contributed by atoms with Crippen molar-refractivity contribution in [1.82, 2.24) is 10.6 Å². The number of amides is 2. The van der Waals surface area contributed by atoms with Gasteiger partial charge in [-0.15, -0.1) is 0 Å². The molecule has 5 nitrogen and oxygen atoms in total. The van der Waals surface area contributed by atoms with Crippen LogP contribution in [0.15, 0.2) is 46.9 Å². The first kappa shape index (κ1) is 19.4. The number of benzene rings is 2. The third-order valence-corrected chi connectivity index (χ3v) is 5.12. The van der Waals surface area contributed by atoms with E-state index in [0.29, 0.717) is 24.2 Å². The number of hydrogen-bond acceptors (Lipinski definition) is 3. The molecule has 3 rings (SSSR count). The Morgan fingerprint density at radius 2 is 1.70 bits per heavy atom. The van der Waals surface area contributed by atoms with Crippen LogP contribution in [0.5, 0.6) is 0 Å². The van der Waals surface area contributed by atoms with Crippen molar-refractivity contribution in [2.24, 2.45) is 0 Å². The summed E-state index contributed by atoms with van der Waals surface area (Å²) >= 11 is 3.36. The van der Waals surface area contributed by atoms with Gasteiger partial charge in [0.1, 0.15) is 0 Å². The van der Waals surface area contributed by atoms with Crippen LogP contribution in [0, 0.1) is 6.92 Å². The number of rotatable bonds is 6. The van der Waals surface area contributed by atoms with Gasteiger partial charge >= 0.3 is 0 Å². The molecule has 27 heavy (non-hydrogen) atoms. The number of nitrogens with zero attached hydrogens (tertiary/aromatic N) is 1. The average Bonchev–Trinajstić information content (AvgIpc) is 3.19. The van der Waals surface area contributed by atoms with E-state index in [2.05, 4.69) is 31.5 Å². The van der Waals surface area contributed by atoms with E-state index >= 15 is 0 Å². The Balaban J connectivity index is 1.55. The molecule has 2 aromatic rings. The molecule has 1 aliphatic heterocycles. The summed E-state index contributed by atoms with van der Waals surface area (Å²) in [5.74, 6) is -0.254. The highest BCUT2D eigenvalue weighted by atomic mass is 79.9. The standard InChI is InChI=1S/C21H24BrN3O2/c1-15-7-8-19(25-11-2-3-12-25)18(13-15)21(27)24-10-9-23-20(26)16-5-4-6-17(22)14-16/h4-8,13-14H,2-3,9-12H2,1H3,(H,23,26)(H,24,27). The molecular formula is C21H24BrN3O2. The number of hydrogen-bond donors (Lipinski definition) is 2. The van der Waals surface area contributed by atoms with E-state index in [1.807, 2.05) is 37.3 Å². The maximum atomic E-state index is 12.7. The molecular weight excluding hydrogens is 406 g/mol. The molecule has 0 atom stereocenters. The van der Waals surface area contributed by atoms with E-state index in [9.17, 15) is 9.59 Å². The Kier molecular flexibility index (Phi) is 6.50. The highest BCUT2D eigenvalue weighted by Crippen LogP contribution is 2.25. The minimum absolute atomic E-state index is 0.0997. The van der Waals surface area contributed by atoms with E-state index < -0.39 is 0 Å². The SMILES string of the molecule is Cc1ccc(N2CCCC2)c(C(=O)NCCNC(=O)c2cccc(Br)c2)c1. The van der Waals surface area contributed by atoms with Gasteiger partial charge in [0, 0.05) is 41.9 Å². The Morgan fingerprint density at radius 1 is 1.00 bits per heavy atom. The lowest BCUT2D eigenvalue weighted by Crippen LogP contribution is -2.35. The Labute approximate surface area is 168 Å². The van der Waals surface area contributed by atoms with Crippen molar-refractivity contribution in [3.63, 3.8) is 0 Å². The van der Waals surface area contributed by atoms with E-state index in [1.165, 1.54) is 0 Å². The molecule has 2 N–H and O–H groups in total. The van der Waals surface area contributed by atoms with Crippen LogP contribution in [0.25, 0.3) is 0 Å². The maximum Gasteiger partial charge on any atom is 0.253 e. The molecule has 0 spiro atoms. The van der Waals surface area contributed by atoms with Crippen LogP contribution < -0.4 is 15.5 Å². The zero-order valence-corrected chi connectivity index (χ0v) is 17.0. The third-order valence-electron chi connectivity index (χ3n) is 4.63. The maximum absolute atomic E-state index is 12.7. The molecule has 0 aromatic heterocycles. The van der Waals surface area contributed by atoms with Gasteiger partial charge in [-0.3, -0.25) is 9.59 Å². The molecule has 1 heterocycles. The van der Waals surface area contributed by atoms with E-state index in [4.69, 9.17) is 0 Å². The number of nitrogens with one attached hydrogen (secondary N) is 2. The molecule has 0 radical (unpaired) electrons. The summed E-state index contributed by atoms with van der Waals surface area (Å²) in [4.78, 5) is 27.1. The second-order valence-electron chi connectivity index (χ2n) is 6.74. The molecule has 2 amide bonds. The molecule has 142 valence electrons. The predicted octanol–water partition coefficient (Wildman–Crippen LogP) is 3.52. The van der Waals surface area contributed by atoms with E-state index in [-0.39, 0.29) is 11.8 Å². The molecule has 0 unspecified atom stereocenters. The van der Waals surface area contributed by atoms with Crippen LogP contribution in [-0.2, 0) is 0 Å². The number of aryl methyl sites for hydroxylation is 1. The Morgan fingerprint density at radius 3 is 2.41 bits per heavy atom. The fourth-order valence-corrected chi connectivity index (χ4v) is 3.64. The molecule has 2 aromatic carbocycles. The monoisotopic (exact) mass is 429 g/mol. The Hall–Kier alpha value is -2.34. The number of carbonyl (C=O) groups excluding carboxylic acids is 2. The van der Waals surface area contributed by atoms with Gasteiger partial charge in [0.2, 0.25) is 0 Å². The van der Waals surface area contributed by atoms with Crippen LogP contribution in [-0.4, -0.2) is 38.0 Å². The molecule has 1 aliphatic rings. The lowest BCUT2D eigenvalue weighted by molar-refractivity contribution is 0.0928. The minimum Gasteiger partial charge on any atom is -0.371 e. The Bertz CT molecular complexity index is 832. The summed E-state index contributed by atoms with van der Waals surface area (Å²) in [6, 6.07) is 13.2. The molecule has 6 heteroatoms. The van der Waals surface area contributed by atoms with Crippen molar-refractivity contribution in [3.05, 3.63) is 63.6 Å². The second kappa shape index (κ2) is 9.04. The lowest BCUT2D eigenvalue weighted by atomic mass is 10.1. The average molecular weight is 430 g/mol. The van der Waals surface area contributed by atoms with Crippen molar-refractivity contribution in [2.75, 3.05) is 31.1 Å². The first-order chi connectivity index (χ1) is 13.0. The number of carbonyl (C=O) groups is 2. The summed E-state index contributed by atoms with van der Waals surface area (Å²) in [6.07, 6.45) is 2.33. The van der Waals surface area contributed by atoms with Gasteiger partial charge in [0.15, 0.2) is 0 Å². The van der Waals surface area contributed by atoms with Crippen LogP contribution in [0.2, 0.25) is 0 Å². The van der Waals surface area contributed by atoms with Crippen molar-refractivity contribution >= 4 is 33.4 Å². The van der Waals surface area contributed by atoms with Crippen molar-refractivity contribution < 1.29 is 9.59 Å². The van der Waals surface area contributed by atoms with Gasteiger partial charge in [-0.2, -0.15) is 0 Å². The van der Waals surface area contributed by atoms with E-state index in [0.717, 1.165) is 41.7 Å². The van der Waals surface area contributed by atoms with Gasteiger partial charge in [0.05, 0.1) is 5.56 Å². The van der Waals surface area contributed by atoms with Crippen molar-refractivity contribution in [2.45, 2.75) is 19.8 Å². The predicted molar refractivity (Wildman–Crippen MR) is 111 cm³/mol. The van der Waals surface area contributed by atoms with Gasteiger partial charge in [-0.1, -0.05) is 33.6 Å². The molecule has 0 bridgehead atoms. The van der Waals surface area contributed by atoms with Crippen LogP contribution in [0.4, 0.5) is 5.69 Å².